The SMILES string of the molecule is Cc1cc(CN(C)Cc2nonc2C)ccn1. The van der Waals surface area contributed by atoms with Crippen molar-refractivity contribution in [1.29, 1.82) is 0 Å². The summed E-state index contributed by atoms with van der Waals surface area (Å²) in [5, 5.41) is 7.64. The van der Waals surface area contributed by atoms with Gasteiger partial charge >= 0.3 is 0 Å². The van der Waals surface area contributed by atoms with Crippen molar-refractivity contribution in [2.24, 2.45) is 0 Å². The first-order chi connectivity index (χ1) is 8.15. The van der Waals surface area contributed by atoms with Gasteiger partial charge in [-0.1, -0.05) is 10.3 Å². The molecule has 0 amide bonds. The van der Waals surface area contributed by atoms with Crippen LogP contribution >= 0.6 is 0 Å². The van der Waals surface area contributed by atoms with Crippen LogP contribution in [0.5, 0.6) is 0 Å². The van der Waals surface area contributed by atoms with Gasteiger partial charge in [-0.05, 0) is 38.6 Å². The number of hydrogen-bond acceptors (Lipinski definition) is 5. The number of hydrogen-bond donors (Lipinski definition) is 0. The molecule has 0 bridgehead atoms. The van der Waals surface area contributed by atoms with E-state index in [0.29, 0.717) is 0 Å². The van der Waals surface area contributed by atoms with Crippen LogP contribution in [0.3, 0.4) is 0 Å². The molecule has 0 unspecified atom stereocenters. The molecule has 5 heteroatoms. The highest BCUT2D eigenvalue weighted by atomic mass is 16.6. The zero-order valence-corrected chi connectivity index (χ0v) is 10.3. The van der Waals surface area contributed by atoms with Crippen LogP contribution in [0, 0.1) is 13.8 Å². The van der Waals surface area contributed by atoms with Gasteiger partial charge in [0.2, 0.25) is 0 Å². The number of aromatic nitrogens is 3. The van der Waals surface area contributed by atoms with Gasteiger partial charge in [0.1, 0.15) is 11.4 Å². The number of pyridine rings is 1. The Kier molecular flexibility index (Phi) is 3.49. The van der Waals surface area contributed by atoms with Crippen molar-refractivity contribution >= 4 is 0 Å². The summed E-state index contributed by atoms with van der Waals surface area (Å²) in [4.78, 5) is 6.35. The van der Waals surface area contributed by atoms with Crippen molar-refractivity contribution in [3.63, 3.8) is 0 Å². The lowest BCUT2D eigenvalue weighted by molar-refractivity contribution is 0.279. The molecule has 0 saturated carbocycles. The Morgan fingerprint density at radius 3 is 2.71 bits per heavy atom. The molecular formula is C12H16N4O. The van der Waals surface area contributed by atoms with Crippen molar-refractivity contribution in [2.75, 3.05) is 7.05 Å². The molecule has 0 fully saturated rings. The van der Waals surface area contributed by atoms with Crippen LogP contribution in [0.15, 0.2) is 23.0 Å². The molecule has 5 nitrogen and oxygen atoms in total. The Hall–Kier alpha value is -1.75. The average Bonchev–Trinajstić information content (AvgIpc) is 2.64. The molecule has 2 aromatic rings. The first-order valence-electron chi connectivity index (χ1n) is 5.53. The average molecular weight is 232 g/mol. The summed E-state index contributed by atoms with van der Waals surface area (Å²) in [6.07, 6.45) is 1.83. The van der Waals surface area contributed by atoms with E-state index in [1.54, 1.807) is 0 Å². The highest BCUT2D eigenvalue weighted by molar-refractivity contribution is 5.15. The van der Waals surface area contributed by atoms with Gasteiger partial charge in [0.25, 0.3) is 0 Å². The monoisotopic (exact) mass is 232 g/mol. The fourth-order valence-electron chi connectivity index (χ4n) is 1.72. The van der Waals surface area contributed by atoms with Crippen molar-refractivity contribution in [3.05, 3.63) is 41.0 Å². The van der Waals surface area contributed by atoms with Gasteiger partial charge in [-0.2, -0.15) is 0 Å². The second kappa shape index (κ2) is 5.05. The van der Waals surface area contributed by atoms with Gasteiger partial charge < -0.3 is 0 Å². The van der Waals surface area contributed by atoms with Crippen molar-refractivity contribution in [3.8, 4) is 0 Å². The molecule has 0 aromatic carbocycles. The molecule has 90 valence electrons. The highest BCUT2D eigenvalue weighted by Gasteiger charge is 2.08. The molecule has 0 atom stereocenters. The van der Waals surface area contributed by atoms with E-state index in [9.17, 15) is 0 Å². The van der Waals surface area contributed by atoms with Crippen molar-refractivity contribution in [2.45, 2.75) is 26.9 Å². The zero-order chi connectivity index (χ0) is 12.3. The van der Waals surface area contributed by atoms with E-state index in [4.69, 9.17) is 0 Å². The first-order valence-corrected chi connectivity index (χ1v) is 5.53. The molecule has 0 N–H and O–H groups in total. The number of aryl methyl sites for hydroxylation is 2. The lowest BCUT2D eigenvalue weighted by Crippen LogP contribution is -2.18. The zero-order valence-electron chi connectivity index (χ0n) is 10.3. The molecule has 0 aliphatic carbocycles. The summed E-state index contributed by atoms with van der Waals surface area (Å²) in [7, 11) is 2.05. The Morgan fingerprint density at radius 2 is 2.06 bits per heavy atom. The lowest BCUT2D eigenvalue weighted by Gasteiger charge is -2.15. The van der Waals surface area contributed by atoms with E-state index in [-0.39, 0.29) is 0 Å². The first kappa shape index (κ1) is 11.7. The summed E-state index contributed by atoms with van der Waals surface area (Å²) in [5.41, 5.74) is 4.02. The quantitative estimate of drug-likeness (QED) is 0.803. The van der Waals surface area contributed by atoms with Crippen molar-refractivity contribution in [1.82, 2.24) is 20.2 Å². The minimum absolute atomic E-state index is 0.733. The largest absolute Gasteiger partial charge is 0.296 e. The summed E-state index contributed by atoms with van der Waals surface area (Å²) < 4.78 is 4.68. The van der Waals surface area contributed by atoms with Crippen LogP contribution in [0.25, 0.3) is 0 Å². The third kappa shape index (κ3) is 3.10. The third-order valence-corrected chi connectivity index (χ3v) is 2.58. The molecule has 0 radical (unpaired) electrons. The molecule has 2 aromatic heterocycles. The maximum Gasteiger partial charge on any atom is 0.122 e. The van der Waals surface area contributed by atoms with Crippen LogP contribution in [0.4, 0.5) is 0 Å². The third-order valence-electron chi connectivity index (χ3n) is 2.58. The topological polar surface area (TPSA) is 55.1 Å². The smallest absolute Gasteiger partial charge is 0.122 e. The Balaban J connectivity index is 1.98. The highest BCUT2D eigenvalue weighted by Crippen LogP contribution is 2.08. The van der Waals surface area contributed by atoms with Gasteiger partial charge in [0.15, 0.2) is 0 Å². The maximum atomic E-state index is 4.68. The maximum absolute atomic E-state index is 4.68. The van der Waals surface area contributed by atoms with Gasteiger partial charge in [0, 0.05) is 25.0 Å². The van der Waals surface area contributed by atoms with E-state index < -0.39 is 0 Å². The van der Waals surface area contributed by atoms with Crippen LogP contribution < -0.4 is 0 Å². The predicted octanol–water partition coefficient (Wildman–Crippen LogP) is 1.71. The van der Waals surface area contributed by atoms with Crippen LogP contribution in [-0.2, 0) is 13.1 Å². The fraction of sp³-hybridized carbons (Fsp3) is 0.417. The molecule has 2 heterocycles. The van der Waals surface area contributed by atoms with E-state index in [0.717, 1.165) is 30.2 Å². The minimum Gasteiger partial charge on any atom is -0.296 e. The van der Waals surface area contributed by atoms with E-state index in [1.807, 2.05) is 33.2 Å². The van der Waals surface area contributed by atoms with Crippen molar-refractivity contribution < 1.29 is 4.63 Å². The van der Waals surface area contributed by atoms with Gasteiger partial charge in [-0.25, -0.2) is 4.63 Å². The lowest BCUT2D eigenvalue weighted by atomic mass is 10.2. The predicted molar refractivity (Wildman–Crippen MR) is 63.2 cm³/mol. The second-order valence-corrected chi connectivity index (χ2v) is 4.27. The molecular weight excluding hydrogens is 216 g/mol. The summed E-state index contributed by atoms with van der Waals surface area (Å²) in [6, 6.07) is 4.11. The van der Waals surface area contributed by atoms with Crippen LogP contribution in [-0.4, -0.2) is 27.2 Å². The Bertz CT molecular complexity index is 495. The fourth-order valence-corrected chi connectivity index (χ4v) is 1.72. The molecule has 0 spiro atoms. The Labute approximate surface area is 100 Å². The van der Waals surface area contributed by atoms with Gasteiger partial charge in [-0.15, -0.1) is 0 Å². The molecule has 0 aliphatic heterocycles. The molecule has 0 aliphatic rings. The number of nitrogens with zero attached hydrogens (tertiary/aromatic N) is 4. The minimum atomic E-state index is 0.733. The molecule has 0 saturated heterocycles. The normalized spacial score (nSPS) is 11.1. The summed E-state index contributed by atoms with van der Waals surface area (Å²) in [5.74, 6) is 0. The van der Waals surface area contributed by atoms with Crippen LogP contribution in [0.2, 0.25) is 0 Å². The number of rotatable bonds is 4. The van der Waals surface area contributed by atoms with Crippen LogP contribution in [0.1, 0.15) is 22.6 Å². The van der Waals surface area contributed by atoms with E-state index in [2.05, 4.69) is 30.9 Å². The van der Waals surface area contributed by atoms with Gasteiger partial charge in [0.05, 0.1) is 0 Å². The van der Waals surface area contributed by atoms with Gasteiger partial charge in [-0.3, -0.25) is 9.88 Å². The Morgan fingerprint density at radius 1 is 1.24 bits per heavy atom. The second-order valence-electron chi connectivity index (χ2n) is 4.27. The van der Waals surface area contributed by atoms with E-state index in [1.165, 1.54) is 5.56 Å². The standard InChI is InChI=1S/C12H16N4O/c1-9-6-11(4-5-13-9)7-16(3)8-12-10(2)14-17-15-12/h4-6H,7-8H2,1-3H3. The summed E-state index contributed by atoms with van der Waals surface area (Å²) in [6.45, 7) is 5.48. The molecule has 17 heavy (non-hydrogen) atoms. The molecule has 2 rings (SSSR count). The summed E-state index contributed by atoms with van der Waals surface area (Å²) >= 11 is 0. The van der Waals surface area contributed by atoms with E-state index >= 15 is 0 Å².